The van der Waals surface area contributed by atoms with Gasteiger partial charge in [-0.3, -0.25) is 4.57 Å². The fourth-order valence-electron chi connectivity index (χ4n) is 4.34. The minimum atomic E-state index is -0.113. The number of anilines is 1. The van der Waals surface area contributed by atoms with Crippen LogP contribution in [0.4, 0.5) is 5.82 Å². The molecule has 0 aliphatic heterocycles. The van der Waals surface area contributed by atoms with E-state index in [1.54, 1.807) is 0 Å². The van der Waals surface area contributed by atoms with E-state index in [1.165, 1.54) is 24.0 Å². The van der Waals surface area contributed by atoms with E-state index in [0.29, 0.717) is 5.95 Å². The first-order valence-electron chi connectivity index (χ1n) is 10.7. The maximum Gasteiger partial charge on any atom is 0.236 e. The van der Waals surface area contributed by atoms with E-state index < -0.39 is 0 Å². The Morgan fingerprint density at radius 1 is 1.00 bits per heavy atom. The topological polar surface area (TPSA) is 68.8 Å². The highest BCUT2D eigenvalue weighted by Crippen LogP contribution is 2.30. The van der Waals surface area contributed by atoms with Gasteiger partial charge < -0.3 is 11.1 Å². The lowest BCUT2D eigenvalue weighted by molar-refractivity contribution is 0.655. The van der Waals surface area contributed by atoms with Crippen LogP contribution in [0.25, 0.3) is 16.9 Å². The van der Waals surface area contributed by atoms with Crippen molar-refractivity contribution in [2.24, 2.45) is 5.73 Å². The molecule has 0 bridgehead atoms. The average molecular weight is 398 g/mol. The zero-order chi connectivity index (χ0) is 20.5. The van der Waals surface area contributed by atoms with Gasteiger partial charge in [-0.15, -0.1) is 0 Å². The first-order chi connectivity index (χ1) is 14.7. The number of hydrogen-bond acceptors (Lipinski definition) is 4. The zero-order valence-electron chi connectivity index (χ0n) is 17.3. The number of nitrogens with two attached hydrogens (primary N) is 1. The van der Waals surface area contributed by atoms with E-state index >= 15 is 0 Å². The van der Waals surface area contributed by atoms with Crippen LogP contribution in [0.5, 0.6) is 0 Å². The van der Waals surface area contributed by atoms with E-state index in [9.17, 15) is 0 Å². The number of rotatable bonds is 5. The van der Waals surface area contributed by atoms with Gasteiger partial charge in [0.25, 0.3) is 0 Å². The predicted molar refractivity (Wildman–Crippen MR) is 122 cm³/mol. The second-order valence-electron chi connectivity index (χ2n) is 8.10. The van der Waals surface area contributed by atoms with E-state index in [1.807, 2.05) is 13.0 Å². The summed E-state index contributed by atoms with van der Waals surface area (Å²) in [6.45, 7) is 2.76. The van der Waals surface area contributed by atoms with Crippen LogP contribution in [0.15, 0.2) is 60.7 Å². The Morgan fingerprint density at radius 3 is 2.60 bits per heavy atom. The molecule has 1 unspecified atom stereocenters. The lowest BCUT2D eigenvalue weighted by atomic mass is 9.96. The maximum absolute atomic E-state index is 6.33. The quantitative estimate of drug-likeness (QED) is 0.501. The van der Waals surface area contributed by atoms with Gasteiger partial charge >= 0.3 is 0 Å². The van der Waals surface area contributed by atoms with Crippen LogP contribution < -0.4 is 11.1 Å². The molecular formula is C25H27N5. The zero-order valence-corrected chi connectivity index (χ0v) is 17.3. The Balaban J connectivity index is 1.63. The molecule has 2 aromatic carbocycles. The van der Waals surface area contributed by atoms with Crippen LogP contribution in [-0.4, -0.2) is 14.5 Å². The van der Waals surface area contributed by atoms with Gasteiger partial charge in [-0.25, -0.2) is 4.98 Å². The second-order valence-corrected chi connectivity index (χ2v) is 8.10. The Hall–Kier alpha value is -3.18. The molecule has 2 aromatic heterocycles. The van der Waals surface area contributed by atoms with Crippen molar-refractivity contribution in [2.45, 2.75) is 45.2 Å². The Labute approximate surface area is 177 Å². The van der Waals surface area contributed by atoms with Gasteiger partial charge in [-0.2, -0.15) is 4.98 Å². The molecule has 5 rings (SSSR count). The lowest BCUT2D eigenvalue weighted by Gasteiger charge is -2.21. The Bertz CT molecular complexity index is 1180. The van der Waals surface area contributed by atoms with Crippen molar-refractivity contribution in [3.05, 3.63) is 83.2 Å². The van der Waals surface area contributed by atoms with Gasteiger partial charge in [0.15, 0.2) is 0 Å². The fourth-order valence-corrected chi connectivity index (χ4v) is 4.34. The van der Waals surface area contributed by atoms with Crippen molar-refractivity contribution >= 4 is 16.7 Å². The highest BCUT2D eigenvalue weighted by Gasteiger charge is 2.21. The third-order valence-electron chi connectivity index (χ3n) is 5.88. The average Bonchev–Trinajstić information content (AvgIpc) is 3.18. The van der Waals surface area contributed by atoms with Crippen LogP contribution in [0, 0.1) is 0 Å². The van der Waals surface area contributed by atoms with Gasteiger partial charge in [0, 0.05) is 29.2 Å². The highest BCUT2D eigenvalue weighted by molar-refractivity contribution is 5.83. The summed E-state index contributed by atoms with van der Waals surface area (Å²) in [5.41, 5.74) is 12.1. The molecule has 0 saturated carbocycles. The van der Waals surface area contributed by atoms with Crippen molar-refractivity contribution < 1.29 is 0 Å². The molecule has 1 aliphatic carbocycles. The molecular weight excluding hydrogens is 370 g/mol. The number of para-hydroxylation sites is 1. The smallest absolute Gasteiger partial charge is 0.236 e. The molecule has 0 amide bonds. The summed E-state index contributed by atoms with van der Waals surface area (Å²) in [6, 6.07) is 20.8. The van der Waals surface area contributed by atoms with Crippen molar-refractivity contribution in [1.82, 2.24) is 14.5 Å². The summed E-state index contributed by atoms with van der Waals surface area (Å²) in [5.74, 6) is 1.66. The third-order valence-corrected chi connectivity index (χ3v) is 5.88. The Morgan fingerprint density at radius 2 is 1.77 bits per heavy atom. The SMILES string of the molecule is CC(N)c1cc2ccccc2n1-c1nc2c(c(NCc3ccccc3)n1)CCCC2. The van der Waals surface area contributed by atoms with Crippen LogP contribution in [0.3, 0.4) is 0 Å². The van der Waals surface area contributed by atoms with E-state index in [2.05, 4.69) is 64.5 Å². The summed E-state index contributed by atoms with van der Waals surface area (Å²) in [6.07, 6.45) is 4.39. The highest BCUT2D eigenvalue weighted by atomic mass is 15.2. The number of nitrogens with zero attached hydrogens (tertiary/aromatic N) is 3. The molecule has 4 aromatic rings. The van der Waals surface area contributed by atoms with Gasteiger partial charge in [-0.1, -0.05) is 48.5 Å². The van der Waals surface area contributed by atoms with Crippen LogP contribution in [0.1, 0.15) is 48.3 Å². The van der Waals surface area contributed by atoms with Gasteiger partial charge in [0.2, 0.25) is 5.95 Å². The largest absolute Gasteiger partial charge is 0.366 e. The van der Waals surface area contributed by atoms with Crippen molar-refractivity contribution in [3.8, 4) is 5.95 Å². The van der Waals surface area contributed by atoms with E-state index in [0.717, 1.165) is 47.5 Å². The van der Waals surface area contributed by atoms with Gasteiger partial charge in [0.1, 0.15) is 5.82 Å². The van der Waals surface area contributed by atoms with Crippen molar-refractivity contribution in [2.75, 3.05) is 5.32 Å². The normalized spacial score (nSPS) is 14.5. The molecule has 0 radical (unpaired) electrons. The number of fused-ring (bicyclic) bond motifs is 2. The summed E-state index contributed by atoms with van der Waals surface area (Å²) >= 11 is 0. The molecule has 30 heavy (non-hydrogen) atoms. The molecule has 0 saturated heterocycles. The molecule has 2 heterocycles. The van der Waals surface area contributed by atoms with Crippen molar-refractivity contribution in [3.63, 3.8) is 0 Å². The minimum absolute atomic E-state index is 0.113. The fraction of sp³-hybridized carbons (Fsp3) is 0.280. The Kier molecular flexibility index (Phi) is 4.97. The molecule has 1 aliphatic rings. The van der Waals surface area contributed by atoms with Crippen LogP contribution >= 0.6 is 0 Å². The number of aromatic nitrogens is 3. The summed E-state index contributed by atoms with van der Waals surface area (Å²) in [4.78, 5) is 10.0. The molecule has 1 atom stereocenters. The first kappa shape index (κ1) is 18.8. The monoisotopic (exact) mass is 397 g/mol. The number of nitrogens with one attached hydrogen (secondary N) is 1. The second kappa shape index (κ2) is 7.92. The molecule has 0 spiro atoms. The molecule has 5 nitrogen and oxygen atoms in total. The maximum atomic E-state index is 6.33. The van der Waals surface area contributed by atoms with E-state index in [4.69, 9.17) is 15.7 Å². The standard InChI is InChI=1S/C25H27N5/c1-17(26)23-15-19-11-5-8-14-22(19)30(23)25-28-21-13-7-6-12-20(21)24(29-25)27-16-18-9-3-2-4-10-18/h2-5,8-11,14-15,17H,6-7,12-13,16,26H2,1H3,(H,27,28,29). The number of hydrogen-bond donors (Lipinski definition) is 2. The lowest BCUT2D eigenvalue weighted by Crippen LogP contribution is -2.18. The molecule has 0 fully saturated rings. The first-order valence-corrected chi connectivity index (χ1v) is 10.7. The van der Waals surface area contributed by atoms with E-state index in [-0.39, 0.29) is 6.04 Å². The predicted octanol–water partition coefficient (Wildman–Crippen LogP) is 4.93. The molecule has 152 valence electrons. The van der Waals surface area contributed by atoms with Crippen LogP contribution in [-0.2, 0) is 19.4 Å². The summed E-state index contributed by atoms with van der Waals surface area (Å²) in [5, 5.41) is 4.75. The molecule has 5 heteroatoms. The number of aryl methyl sites for hydroxylation is 1. The third kappa shape index (κ3) is 3.46. The van der Waals surface area contributed by atoms with Crippen molar-refractivity contribution in [1.29, 1.82) is 0 Å². The summed E-state index contributed by atoms with van der Waals surface area (Å²) in [7, 11) is 0. The molecule has 3 N–H and O–H groups in total. The van der Waals surface area contributed by atoms with Crippen LogP contribution in [0.2, 0.25) is 0 Å². The van der Waals surface area contributed by atoms with Gasteiger partial charge in [0.05, 0.1) is 11.2 Å². The van der Waals surface area contributed by atoms with Gasteiger partial charge in [-0.05, 0) is 50.3 Å². The summed E-state index contributed by atoms with van der Waals surface area (Å²) < 4.78 is 2.13. The minimum Gasteiger partial charge on any atom is -0.366 e. The number of benzene rings is 2.